The fraction of sp³-hybridized carbons (Fsp3) is 0.518. The lowest BCUT2D eigenvalue weighted by molar-refractivity contribution is -0.146. The molecular weight excluding hydrogens is 1170 g/mol. The summed E-state index contributed by atoms with van der Waals surface area (Å²) < 4.78 is 5.08. The summed E-state index contributed by atoms with van der Waals surface area (Å²) in [5.74, 6) is -5.19. The molecule has 1 fully saturated rings. The molecule has 0 aliphatic carbocycles. The molecule has 2 unspecified atom stereocenters. The van der Waals surface area contributed by atoms with E-state index in [0.717, 1.165) is 32.1 Å². The van der Waals surface area contributed by atoms with Crippen LogP contribution >= 0.6 is 22.6 Å². The molecule has 3 heterocycles. The first-order chi connectivity index (χ1) is 39.0. The van der Waals surface area contributed by atoms with E-state index in [4.69, 9.17) is 21.9 Å². The van der Waals surface area contributed by atoms with E-state index in [-0.39, 0.29) is 114 Å². The molecule has 4 aromatic rings. The Bertz CT molecular complexity index is 2890. The summed E-state index contributed by atoms with van der Waals surface area (Å²) in [5, 5.41) is 23.1. The van der Waals surface area contributed by atoms with Crippen LogP contribution < -0.4 is 48.7 Å². The number of esters is 1. The number of fused-ring (bicyclic) bond motifs is 1. The fourth-order valence-corrected chi connectivity index (χ4v) is 10.1. The molecule has 5 rings (SSSR count). The molecule has 2 aromatic heterocycles. The number of nitrogens with one attached hydrogen (secondary N) is 5. The van der Waals surface area contributed by atoms with Crippen molar-refractivity contribution >= 4 is 110 Å². The number of amides is 8. The number of carbonyl (C=O) groups is 9. The average Bonchev–Trinajstić information content (AvgIpc) is 3.96. The number of nitrogen functional groups attached to an aromatic ring is 2. The van der Waals surface area contributed by atoms with E-state index in [0.29, 0.717) is 54.0 Å². The van der Waals surface area contributed by atoms with Gasteiger partial charge in [0.2, 0.25) is 35.5 Å². The quantitative estimate of drug-likeness (QED) is 0.00991. The van der Waals surface area contributed by atoms with Gasteiger partial charge in [0.15, 0.2) is 17.0 Å². The zero-order valence-corrected chi connectivity index (χ0v) is 49.3. The number of imide groups is 1. The van der Waals surface area contributed by atoms with Crippen molar-refractivity contribution in [2.24, 2.45) is 17.6 Å². The number of hydrogen-bond acceptors (Lipinski definition) is 17. The molecule has 25 nitrogen and oxygen atoms in total. The average molecular weight is 1250 g/mol. The van der Waals surface area contributed by atoms with Crippen molar-refractivity contribution in [3.8, 4) is 0 Å². The molecule has 82 heavy (non-hydrogen) atoms. The maximum Gasteiger partial charge on any atom is 0.326 e. The number of unbranched alkanes of at least 4 members (excludes halogenated alkanes) is 5. The highest BCUT2D eigenvalue weighted by Gasteiger charge is 2.47. The topological polar surface area (TPSA) is 379 Å². The normalized spacial score (nSPS) is 15.0. The number of nitrogens with two attached hydrogens (primary N) is 3. The number of benzene rings is 2. The summed E-state index contributed by atoms with van der Waals surface area (Å²) >= 11 is 2.33. The number of rotatable bonds is 33. The lowest BCUT2D eigenvalue weighted by Gasteiger charge is -2.28. The third kappa shape index (κ3) is 20.0. The Kier molecular flexibility index (Phi) is 24.9. The predicted molar refractivity (Wildman–Crippen MR) is 315 cm³/mol. The Morgan fingerprint density at radius 2 is 1.56 bits per heavy atom. The minimum Gasteiger partial charge on any atom is -0.480 e. The Hall–Kier alpha value is -7.78. The highest BCUT2D eigenvalue weighted by Crippen LogP contribution is 2.40. The largest absolute Gasteiger partial charge is 0.480 e. The molecule has 0 bridgehead atoms. The van der Waals surface area contributed by atoms with Crippen molar-refractivity contribution in [3.63, 3.8) is 0 Å². The second kappa shape index (κ2) is 31.4. The molecule has 444 valence electrons. The van der Waals surface area contributed by atoms with Gasteiger partial charge in [-0.1, -0.05) is 87.6 Å². The zero-order chi connectivity index (χ0) is 60.1. The molecule has 2 aromatic carbocycles. The standard InChI is InChI=1S/C56H77IN14O11/c1-6-7-8-11-26-56(4,57)39-29-43(73)71(52(39)78)28-12-9-10-15-42(72)67-45(33(2)3)51(77)65-40(14-13-27-61-55(60)81)50(76)64-36-20-16-34(17-21-36)32-82-44(74)25-24-41(53(79)80)66-49(75)35-18-22-38(23-19-35)70(5)31-37-30-62-48-46(63-37)47(58)68-54(59)69-48/h16-23,30,33,39-41,45H,6-15,24-29,31-32H2,1-5H3,(H,64,76)(H,65,77)(H,66,75)(H,67,72)(H,79,80)(H3,60,61,81)(H4,58,59,62,68,69)/t39?,40-,41-,45-,56?/m0/s1. The molecule has 0 saturated carbocycles. The number of carboxylic acid groups (broad SMARTS) is 1. The van der Waals surface area contributed by atoms with E-state index >= 15 is 0 Å². The smallest absolute Gasteiger partial charge is 0.326 e. The van der Waals surface area contributed by atoms with Crippen molar-refractivity contribution in [2.45, 2.75) is 152 Å². The number of anilines is 4. The number of carboxylic acids is 1. The number of halogens is 1. The number of hydrogen-bond donors (Lipinski definition) is 9. The Labute approximate surface area is 490 Å². The van der Waals surface area contributed by atoms with E-state index in [1.165, 1.54) is 23.2 Å². The van der Waals surface area contributed by atoms with Gasteiger partial charge in [-0.3, -0.25) is 38.5 Å². The van der Waals surface area contributed by atoms with Crippen LogP contribution in [0.3, 0.4) is 0 Å². The van der Waals surface area contributed by atoms with Crippen LogP contribution in [0.25, 0.3) is 11.2 Å². The number of carbonyl (C=O) groups excluding carboxylic acids is 8. The summed E-state index contributed by atoms with van der Waals surface area (Å²) in [5.41, 5.74) is 19.7. The van der Waals surface area contributed by atoms with Gasteiger partial charge in [-0.15, -0.1) is 0 Å². The number of likely N-dealkylation sites (tertiary alicyclic amines) is 1. The SMILES string of the molecule is CCCCCCC(C)(I)C1CC(=O)N(CCCCCC(=O)N[C@H](C(=O)N[C@@H](CCCNC(N)=O)C(=O)Nc2ccc(COC(=O)CC[C@H](NC(=O)c3ccc(N(C)Cc4cnc5nc(N)nc(N)c5n4)cc3)C(=O)O)cc2)C(C)C)C1=O. The van der Waals surface area contributed by atoms with Gasteiger partial charge in [0.1, 0.15) is 24.7 Å². The van der Waals surface area contributed by atoms with Crippen LogP contribution in [-0.2, 0) is 51.5 Å². The molecule has 1 aliphatic rings. The van der Waals surface area contributed by atoms with Crippen LogP contribution in [0, 0.1) is 11.8 Å². The lowest BCUT2D eigenvalue weighted by Crippen LogP contribution is -2.54. The number of urea groups is 1. The minimum atomic E-state index is -1.40. The van der Waals surface area contributed by atoms with Crippen LogP contribution in [0.2, 0.25) is 0 Å². The third-order valence-corrected chi connectivity index (χ3v) is 15.3. The monoisotopic (exact) mass is 1250 g/mol. The van der Waals surface area contributed by atoms with Crippen LogP contribution in [0.4, 0.5) is 27.9 Å². The highest BCUT2D eigenvalue weighted by atomic mass is 127. The number of aromatic nitrogens is 4. The number of alkyl halides is 1. The van der Waals surface area contributed by atoms with Gasteiger partial charge in [0, 0.05) is 59.8 Å². The van der Waals surface area contributed by atoms with Gasteiger partial charge < -0.3 is 58.5 Å². The molecule has 12 N–H and O–H groups in total. The fourth-order valence-electron chi connectivity index (χ4n) is 9.19. The van der Waals surface area contributed by atoms with Crippen LogP contribution in [-0.4, -0.2) is 125 Å². The number of ether oxygens (including phenoxy) is 1. The van der Waals surface area contributed by atoms with Crippen molar-refractivity contribution in [1.29, 1.82) is 0 Å². The second-order valence-corrected chi connectivity index (χ2v) is 23.4. The maximum atomic E-state index is 13.7. The Balaban J connectivity index is 1.05. The van der Waals surface area contributed by atoms with E-state index in [9.17, 15) is 48.3 Å². The molecule has 5 atom stereocenters. The molecule has 8 amide bonds. The Morgan fingerprint density at radius 1 is 0.854 bits per heavy atom. The van der Waals surface area contributed by atoms with Crippen LogP contribution in [0.15, 0.2) is 54.7 Å². The van der Waals surface area contributed by atoms with Crippen molar-refractivity contribution in [3.05, 3.63) is 71.5 Å². The molecule has 1 saturated heterocycles. The minimum absolute atomic E-state index is 0.0155. The summed E-state index contributed by atoms with van der Waals surface area (Å²) in [6, 6.07) is 8.48. The van der Waals surface area contributed by atoms with Crippen LogP contribution in [0.1, 0.15) is 139 Å². The van der Waals surface area contributed by atoms with E-state index in [1.807, 2.05) is 4.90 Å². The number of aliphatic carboxylic acids is 1. The highest BCUT2D eigenvalue weighted by molar-refractivity contribution is 14.1. The molecular formula is C56H77IN14O11. The van der Waals surface area contributed by atoms with Gasteiger partial charge in [0.05, 0.1) is 24.4 Å². The van der Waals surface area contributed by atoms with E-state index < -0.39 is 53.8 Å². The van der Waals surface area contributed by atoms with Crippen LogP contribution in [0.5, 0.6) is 0 Å². The van der Waals surface area contributed by atoms with Gasteiger partial charge in [0.25, 0.3) is 5.91 Å². The summed E-state index contributed by atoms with van der Waals surface area (Å²) in [6.07, 6.45) is 8.44. The maximum absolute atomic E-state index is 13.7. The van der Waals surface area contributed by atoms with Crippen molar-refractivity contribution < 1.29 is 53.0 Å². The first-order valence-corrected chi connectivity index (χ1v) is 28.6. The van der Waals surface area contributed by atoms with Crippen molar-refractivity contribution in [1.82, 2.24) is 46.1 Å². The second-order valence-electron chi connectivity index (χ2n) is 21.0. The predicted octanol–water partition coefficient (Wildman–Crippen LogP) is 5.04. The van der Waals surface area contributed by atoms with Gasteiger partial charge in [-0.2, -0.15) is 9.97 Å². The third-order valence-electron chi connectivity index (χ3n) is 14.0. The van der Waals surface area contributed by atoms with Gasteiger partial charge in [-0.25, -0.2) is 19.6 Å². The van der Waals surface area contributed by atoms with Crippen molar-refractivity contribution in [2.75, 3.05) is 41.8 Å². The number of primary amides is 1. The molecule has 26 heteroatoms. The summed E-state index contributed by atoms with van der Waals surface area (Å²) in [4.78, 5) is 136. The van der Waals surface area contributed by atoms with E-state index in [1.54, 1.807) is 57.3 Å². The summed E-state index contributed by atoms with van der Waals surface area (Å²) in [6.45, 7) is 8.26. The van der Waals surface area contributed by atoms with E-state index in [2.05, 4.69) is 83.0 Å². The first kappa shape index (κ1) is 65.0. The van der Waals surface area contributed by atoms with Gasteiger partial charge >= 0.3 is 18.0 Å². The molecule has 1 aliphatic heterocycles. The molecule has 0 radical (unpaired) electrons. The lowest BCUT2D eigenvalue weighted by atomic mass is 9.88. The zero-order valence-electron chi connectivity index (χ0n) is 47.1. The first-order valence-electron chi connectivity index (χ1n) is 27.6. The summed E-state index contributed by atoms with van der Waals surface area (Å²) in [7, 11) is 1.80. The Morgan fingerprint density at radius 3 is 2.23 bits per heavy atom. The molecule has 0 spiro atoms. The van der Waals surface area contributed by atoms with Gasteiger partial charge in [-0.05, 0) is 93.3 Å². The number of nitrogens with zero attached hydrogens (tertiary/aromatic N) is 6.